The Balaban J connectivity index is 2.06. The number of hydrogen-bond donors (Lipinski definition) is 0. The van der Waals surface area contributed by atoms with Crippen LogP contribution < -0.4 is 0 Å². The molecule has 0 radical (unpaired) electrons. The molecule has 27 heavy (non-hydrogen) atoms. The van der Waals surface area contributed by atoms with Gasteiger partial charge in [-0.25, -0.2) is 0 Å². The standard InChI is InChI=1S/C20H21Cl2O3PS/c1-3-24-26(23,25-4-2)18(12-14-9-10-16(21)17(22)11-14)20-13-15-7-5-6-8-19(15)27-20/h5-11,13,18H,3-4,12H2,1-2H3. The monoisotopic (exact) mass is 442 g/mol. The number of fused-ring (bicyclic) bond motifs is 1. The molecule has 0 aliphatic heterocycles. The molecule has 0 saturated carbocycles. The average Bonchev–Trinajstić information content (AvgIpc) is 3.06. The Bertz CT molecular complexity index is 930. The second-order valence-corrected chi connectivity index (χ2v) is 10.2. The predicted molar refractivity (Wildman–Crippen MR) is 116 cm³/mol. The SMILES string of the molecule is CCOP(=O)(OCC)C(Cc1ccc(Cl)c(Cl)c1)c1cc2ccccc2s1. The summed E-state index contributed by atoms with van der Waals surface area (Å²) in [6, 6.07) is 15.7. The predicted octanol–water partition coefficient (Wildman–Crippen LogP) is 7.76. The first kappa shape index (κ1) is 20.9. The van der Waals surface area contributed by atoms with Crippen molar-refractivity contribution in [1.82, 2.24) is 0 Å². The first-order valence-corrected chi connectivity index (χ1v) is 12.0. The molecule has 1 unspecified atom stereocenters. The third-order valence-corrected chi connectivity index (χ3v) is 8.79. The summed E-state index contributed by atoms with van der Waals surface area (Å²) in [6.07, 6.45) is 0.487. The van der Waals surface area contributed by atoms with Gasteiger partial charge in [0.15, 0.2) is 0 Å². The van der Waals surface area contributed by atoms with Crippen LogP contribution >= 0.6 is 42.1 Å². The first-order valence-electron chi connectivity index (χ1n) is 8.78. The van der Waals surface area contributed by atoms with E-state index in [4.69, 9.17) is 32.2 Å². The second kappa shape index (κ2) is 9.09. The third-order valence-electron chi connectivity index (χ3n) is 4.19. The normalized spacial score (nSPS) is 13.2. The minimum atomic E-state index is -3.36. The number of halogens is 2. The van der Waals surface area contributed by atoms with Crippen LogP contribution in [0.4, 0.5) is 0 Å². The van der Waals surface area contributed by atoms with Crippen molar-refractivity contribution in [3.05, 3.63) is 69.0 Å². The summed E-state index contributed by atoms with van der Waals surface area (Å²) in [5, 5.41) is 2.10. The molecule has 0 bridgehead atoms. The highest BCUT2D eigenvalue weighted by Gasteiger charge is 2.38. The summed E-state index contributed by atoms with van der Waals surface area (Å²) in [5.74, 6) is 0. The first-order chi connectivity index (χ1) is 13.0. The molecule has 0 fully saturated rings. The second-order valence-electron chi connectivity index (χ2n) is 6.03. The van der Waals surface area contributed by atoms with E-state index < -0.39 is 13.3 Å². The Morgan fingerprint density at radius 2 is 1.70 bits per heavy atom. The lowest BCUT2D eigenvalue weighted by Gasteiger charge is -2.26. The molecule has 0 N–H and O–H groups in total. The highest BCUT2D eigenvalue weighted by atomic mass is 35.5. The van der Waals surface area contributed by atoms with E-state index in [9.17, 15) is 4.57 Å². The van der Waals surface area contributed by atoms with Gasteiger partial charge in [0.05, 0.1) is 28.9 Å². The molecule has 2 aromatic carbocycles. The van der Waals surface area contributed by atoms with Gasteiger partial charge in [-0.15, -0.1) is 11.3 Å². The van der Waals surface area contributed by atoms with Crippen molar-refractivity contribution in [2.24, 2.45) is 0 Å². The lowest BCUT2D eigenvalue weighted by Crippen LogP contribution is -2.08. The largest absolute Gasteiger partial charge is 0.339 e. The third kappa shape index (κ3) is 4.76. The van der Waals surface area contributed by atoms with E-state index >= 15 is 0 Å². The van der Waals surface area contributed by atoms with Crippen molar-refractivity contribution >= 4 is 52.2 Å². The molecular weight excluding hydrogens is 422 g/mol. The van der Waals surface area contributed by atoms with Crippen molar-refractivity contribution in [3.8, 4) is 0 Å². The Hall–Kier alpha value is -0.870. The number of benzene rings is 2. The van der Waals surface area contributed by atoms with Gasteiger partial charge in [0.2, 0.25) is 0 Å². The molecule has 1 atom stereocenters. The number of thiophene rings is 1. The molecule has 0 spiro atoms. The van der Waals surface area contributed by atoms with E-state index in [0.717, 1.165) is 20.5 Å². The van der Waals surface area contributed by atoms with Crippen LogP contribution in [0.3, 0.4) is 0 Å². The van der Waals surface area contributed by atoms with Gasteiger partial charge in [-0.1, -0.05) is 47.5 Å². The average molecular weight is 443 g/mol. The smallest absolute Gasteiger partial charge is 0.308 e. The van der Waals surface area contributed by atoms with Gasteiger partial charge in [0, 0.05) is 9.58 Å². The highest BCUT2D eigenvalue weighted by Crippen LogP contribution is 2.63. The van der Waals surface area contributed by atoms with Crippen LogP contribution in [-0.4, -0.2) is 13.2 Å². The van der Waals surface area contributed by atoms with E-state index in [2.05, 4.69) is 18.2 Å². The fourth-order valence-corrected chi connectivity index (χ4v) is 6.89. The highest BCUT2D eigenvalue weighted by molar-refractivity contribution is 7.54. The summed E-state index contributed by atoms with van der Waals surface area (Å²) in [4.78, 5) is 0.979. The summed E-state index contributed by atoms with van der Waals surface area (Å²) in [7, 11) is -3.36. The molecule has 1 aromatic heterocycles. The van der Waals surface area contributed by atoms with E-state index in [1.54, 1.807) is 17.4 Å². The van der Waals surface area contributed by atoms with Gasteiger partial charge in [-0.05, 0) is 55.5 Å². The summed E-state index contributed by atoms with van der Waals surface area (Å²) >= 11 is 13.8. The molecule has 144 valence electrons. The number of hydrogen-bond acceptors (Lipinski definition) is 4. The maximum atomic E-state index is 13.7. The molecule has 0 aliphatic carbocycles. The van der Waals surface area contributed by atoms with Crippen molar-refractivity contribution < 1.29 is 13.6 Å². The minimum Gasteiger partial charge on any atom is -0.308 e. The molecule has 0 saturated heterocycles. The Morgan fingerprint density at radius 3 is 2.33 bits per heavy atom. The van der Waals surface area contributed by atoms with Crippen LogP contribution in [-0.2, 0) is 20.0 Å². The van der Waals surface area contributed by atoms with Gasteiger partial charge in [-0.2, -0.15) is 0 Å². The van der Waals surface area contributed by atoms with Crippen molar-refractivity contribution in [3.63, 3.8) is 0 Å². The zero-order chi connectivity index (χ0) is 19.4. The molecule has 1 heterocycles. The van der Waals surface area contributed by atoms with Gasteiger partial charge in [0.25, 0.3) is 0 Å². The zero-order valence-electron chi connectivity index (χ0n) is 15.2. The minimum absolute atomic E-state index is 0.319. The lowest BCUT2D eigenvalue weighted by molar-refractivity contribution is 0.212. The Morgan fingerprint density at radius 1 is 1.00 bits per heavy atom. The van der Waals surface area contributed by atoms with Crippen molar-refractivity contribution in [2.75, 3.05) is 13.2 Å². The van der Waals surface area contributed by atoms with E-state index in [1.807, 2.05) is 38.1 Å². The molecule has 0 amide bonds. The van der Waals surface area contributed by atoms with Crippen LogP contribution in [0.25, 0.3) is 10.1 Å². The molecule has 3 nitrogen and oxygen atoms in total. The fraction of sp³-hybridized carbons (Fsp3) is 0.300. The topological polar surface area (TPSA) is 35.5 Å². The molecular formula is C20H21Cl2O3PS. The van der Waals surface area contributed by atoms with E-state index in [1.165, 1.54) is 0 Å². The van der Waals surface area contributed by atoms with Crippen LogP contribution in [0.1, 0.15) is 29.9 Å². The van der Waals surface area contributed by atoms with Gasteiger partial charge < -0.3 is 9.05 Å². The van der Waals surface area contributed by atoms with E-state index in [0.29, 0.717) is 29.7 Å². The van der Waals surface area contributed by atoms with Crippen molar-refractivity contribution in [2.45, 2.75) is 25.9 Å². The maximum Gasteiger partial charge on any atom is 0.339 e. The fourth-order valence-electron chi connectivity index (χ4n) is 3.00. The van der Waals surface area contributed by atoms with Gasteiger partial charge in [-0.3, -0.25) is 4.57 Å². The van der Waals surface area contributed by atoms with Crippen LogP contribution in [0.5, 0.6) is 0 Å². The Kier molecular flexibility index (Phi) is 7.02. The number of rotatable bonds is 8. The molecule has 3 aromatic rings. The summed E-state index contributed by atoms with van der Waals surface area (Å²) < 4.78 is 26.2. The molecule has 7 heteroatoms. The van der Waals surface area contributed by atoms with Gasteiger partial charge >= 0.3 is 7.60 Å². The Labute approximate surface area is 173 Å². The zero-order valence-corrected chi connectivity index (χ0v) is 18.4. The quantitative estimate of drug-likeness (QED) is 0.334. The maximum absolute atomic E-state index is 13.7. The molecule has 0 aliphatic rings. The van der Waals surface area contributed by atoms with E-state index in [-0.39, 0.29) is 0 Å². The lowest BCUT2D eigenvalue weighted by atomic mass is 10.1. The van der Waals surface area contributed by atoms with Crippen LogP contribution in [0.15, 0.2) is 48.5 Å². The van der Waals surface area contributed by atoms with Crippen LogP contribution in [0.2, 0.25) is 10.0 Å². The van der Waals surface area contributed by atoms with Crippen LogP contribution in [0, 0.1) is 0 Å². The van der Waals surface area contributed by atoms with Crippen molar-refractivity contribution in [1.29, 1.82) is 0 Å². The molecule has 3 rings (SSSR count). The van der Waals surface area contributed by atoms with Gasteiger partial charge in [0.1, 0.15) is 0 Å². The summed E-state index contributed by atoms with van der Waals surface area (Å²) in [6.45, 7) is 4.29. The summed E-state index contributed by atoms with van der Waals surface area (Å²) in [5.41, 5.74) is 0.526.